The topological polar surface area (TPSA) is 96.8 Å². The highest BCUT2D eigenvalue weighted by Crippen LogP contribution is 2.22. The number of aliphatic hydroxyl groups excluding tert-OH is 1. The first kappa shape index (κ1) is 20.3. The Morgan fingerprint density at radius 3 is 2.72 bits per heavy atom. The Bertz CT molecular complexity index is 560. The van der Waals surface area contributed by atoms with Crippen LogP contribution in [0, 0.1) is 0 Å². The number of alkyl halides is 1. The molecule has 2 rings (SSSR count). The maximum absolute atomic E-state index is 12.2. The Labute approximate surface area is 156 Å². The molecular formula is C15H25ClN4O4S. The number of ether oxygens (including phenoxy) is 2. The largest absolute Gasteiger partial charge is 0.448 e. The summed E-state index contributed by atoms with van der Waals surface area (Å²) in [6.07, 6.45) is -0.826. The van der Waals surface area contributed by atoms with Crippen LogP contribution in [0.1, 0.15) is 26.5 Å². The molecule has 1 saturated heterocycles. The summed E-state index contributed by atoms with van der Waals surface area (Å²) in [5.74, 6) is 0.154. The van der Waals surface area contributed by atoms with Crippen LogP contribution in [0.25, 0.3) is 0 Å². The number of esters is 1. The molecule has 2 N–H and O–H groups in total. The summed E-state index contributed by atoms with van der Waals surface area (Å²) >= 11 is 6.59. The van der Waals surface area contributed by atoms with E-state index in [1.165, 1.54) is 0 Å². The van der Waals surface area contributed by atoms with Crippen LogP contribution in [-0.4, -0.2) is 69.9 Å². The molecule has 1 fully saturated rings. The minimum atomic E-state index is -1.02. The zero-order valence-corrected chi connectivity index (χ0v) is 16.3. The predicted molar refractivity (Wildman–Crippen MR) is 96.1 cm³/mol. The second-order valence-corrected chi connectivity index (χ2v) is 7.60. The number of hydrogen-bond donors (Lipinski definition) is 2. The van der Waals surface area contributed by atoms with Gasteiger partial charge in [-0.05, 0) is 20.8 Å². The Kier molecular flexibility index (Phi) is 7.38. The van der Waals surface area contributed by atoms with Gasteiger partial charge < -0.3 is 19.5 Å². The van der Waals surface area contributed by atoms with Gasteiger partial charge >= 0.3 is 5.97 Å². The van der Waals surface area contributed by atoms with Crippen LogP contribution in [0.3, 0.4) is 0 Å². The van der Waals surface area contributed by atoms with E-state index < -0.39 is 18.1 Å². The first-order chi connectivity index (χ1) is 11.8. The highest BCUT2D eigenvalue weighted by atomic mass is 35.5. The summed E-state index contributed by atoms with van der Waals surface area (Å²) in [4.78, 5) is 14.3. The molecule has 0 saturated carbocycles. The number of morpholine rings is 1. The molecule has 142 valence electrons. The van der Waals surface area contributed by atoms with Crippen molar-refractivity contribution in [3.63, 3.8) is 0 Å². The van der Waals surface area contributed by atoms with Crippen molar-refractivity contribution in [2.45, 2.75) is 44.9 Å². The highest BCUT2D eigenvalue weighted by Gasteiger charge is 2.33. The molecule has 0 aromatic carbocycles. The zero-order chi connectivity index (χ0) is 18.4. The van der Waals surface area contributed by atoms with E-state index in [2.05, 4.69) is 19.0 Å². The molecule has 1 aliphatic heterocycles. The van der Waals surface area contributed by atoms with Gasteiger partial charge in [-0.25, -0.2) is 0 Å². The first-order valence-electron chi connectivity index (χ1n) is 8.14. The number of carbonyl (C=O) groups is 1. The monoisotopic (exact) mass is 392 g/mol. The molecule has 0 spiro atoms. The third kappa shape index (κ3) is 6.03. The van der Waals surface area contributed by atoms with Crippen molar-refractivity contribution in [1.82, 2.24) is 14.1 Å². The molecule has 2 unspecified atom stereocenters. The van der Waals surface area contributed by atoms with E-state index in [9.17, 15) is 9.90 Å². The fourth-order valence-corrected chi connectivity index (χ4v) is 3.29. The van der Waals surface area contributed by atoms with Gasteiger partial charge in [0.15, 0.2) is 11.9 Å². The number of hydrogen-bond acceptors (Lipinski definition) is 9. The quantitative estimate of drug-likeness (QED) is 0.519. The van der Waals surface area contributed by atoms with Gasteiger partial charge in [0.05, 0.1) is 31.0 Å². The van der Waals surface area contributed by atoms with E-state index in [-0.39, 0.29) is 18.0 Å². The van der Waals surface area contributed by atoms with Gasteiger partial charge in [0, 0.05) is 25.0 Å². The summed E-state index contributed by atoms with van der Waals surface area (Å²) in [7, 11) is 0. The first-order valence-corrected chi connectivity index (χ1v) is 9.41. The van der Waals surface area contributed by atoms with Gasteiger partial charge in [0.1, 0.15) is 11.7 Å². The van der Waals surface area contributed by atoms with Crippen LogP contribution in [0.4, 0.5) is 5.82 Å². The van der Waals surface area contributed by atoms with Crippen LogP contribution in [-0.2, 0) is 20.7 Å². The van der Waals surface area contributed by atoms with Crippen LogP contribution in [0.5, 0.6) is 0 Å². The SMILES string of the molecule is CC(C)(C)NC(C(=O)OCCl)C(O)Cc1nsnc1N1CCOCC1. The fraction of sp³-hybridized carbons (Fsp3) is 0.800. The molecule has 0 radical (unpaired) electrons. The Morgan fingerprint density at radius 2 is 2.12 bits per heavy atom. The second-order valence-electron chi connectivity index (χ2n) is 6.85. The van der Waals surface area contributed by atoms with Gasteiger partial charge in [-0.3, -0.25) is 10.1 Å². The molecule has 2 heterocycles. The van der Waals surface area contributed by atoms with Crippen LogP contribution in [0.2, 0.25) is 0 Å². The molecule has 1 aromatic heterocycles. The molecule has 1 aliphatic rings. The minimum absolute atomic E-state index is 0.189. The average molecular weight is 393 g/mol. The third-order valence-corrected chi connectivity index (χ3v) is 4.34. The smallest absolute Gasteiger partial charge is 0.327 e. The maximum Gasteiger partial charge on any atom is 0.327 e. The van der Waals surface area contributed by atoms with E-state index in [1.807, 2.05) is 20.8 Å². The molecule has 8 nitrogen and oxygen atoms in total. The molecule has 0 aliphatic carbocycles. The number of nitrogens with one attached hydrogen (secondary N) is 1. The molecule has 1 aromatic rings. The normalized spacial score (nSPS) is 18.0. The van der Waals surface area contributed by atoms with Crippen molar-refractivity contribution in [1.29, 1.82) is 0 Å². The van der Waals surface area contributed by atoms with Crippen molar-refractivity contribution >= 4 is 35.1 Å². The van der Waals surface area contributed by atoms with E-state index in [0.29, 0.717) is 18.9 Å². The number of nitrogens with zero attached hydrogens (tertiary/aromatic N) is 3. The number of aliphatic hydroxyl groups is 1. The van der Waals surface area contributed by atoms with Crippen molar-refractivity contribution in [3.8, 4) is 0 Å². The zero-order valence-electron chi connectivity index (χ0n) is 14.7. The molecular weight excluding hydrogens is 368 g/mol. The number of rotatable bonds is 7. The predicted octanol–water partition coefficient (Wildman–Crippen LogP) is 0.774. The molecule has 0 bridgehead atoms. The maximum atomic E-state index is 12.2. The standard InChI is InChI=1S/C15H25ClN4O4S/c1-15(2,3)17-12(14(22)24-9-16)11(21)8-10-13(19-25-18-10)20-4-6-23-7-5-20/h11-12,17,21H,4-9H2,1-3H3. The van der Waals surface area contributed by atoms with Gasteiger partial charge in [-0.15, -0.1) is 0 Å². The lowest BCUT2D eigenvalue weighted by Gasteiger charge is -2.30. The van der Waals surface area contributed by atoms with Crippen molar-refractivity contribution in [2.75, 3.05) is 37.3 Å². The second kappa shape index (κ2) is 9.09. The lowest BCUT2D eigenvalue weighted by atomic mass is 10.0. The molecule has 2 atom stereocenters. The Morgan fingerprint density at radius 1 is 1.44 bits per heavy atom. The molecule has 0 amide bonds. The number of aromatic nitrogens is 2. The summed E-state index contributed by atoms with van der Waals surface area (Å²) in [5, 5.41) is 13.7. The van der Waals surface area contributed by atoms with Crippen LogP contribution >= 0.6 is 23.3 Å². The summed E-state index contributed by atoms with van der Waals surface area (Å²) < 4.78 is 18.9. The van der Waals surface area contributed by atoms with Crippen LogP contribution in [0.15, 0.2) is 0 Å². The van der Waals surface area contributed by atoms with Crippen molar-refractivity contribution in [3.05, 3.63) is 5.69 Å². The molecule has 10 heteroatoms. The third-order valence-electron chi connectivity index (χ3n) is 3.67. The van der Waals surface area contributed by atoms with E-state index >= 15 is 0 Å². The van der Waals surface area contributed by atoms with E-state index in [4.69, 9.17) is 21.1 Å². The lowest BCUT2D eigenvalue weighted by Crippen LogP contribution is -2.54. The highest BCUT2D eigenvalue weighted by molar-refractivity contribution is 6.99. The van der Waals surface area contributed by atoms with Gasteiger partial charge in [0.2, 0.25) is 0 Å². The van der Waals surface area contributed by atoms with Gasteiger partial charge in [-0.1, -0.05) is 11.6 Å². The minimum Gasteiger partial charge on any atom is -0.448 e. The summed E-state index contributed by atoms with van der Waals surface area (Å²) in [6.45, 7) is 8.45. The van der Waals surface area contributed by atoms with Crippen LogP contribution < -0.4 is 10.2 Å². The van der Waals surface area contributed by atoms with Crippen molar-refractivity contribution in [2.24, 2.45) is 0 Å². The Balaban J connectivity index is 2.10. The molecule has 25 heavy (non-hydrogen) atoms. The number of halogens is 1. The van der Waals surface area contributed by atoms with Gasteiger partial charge in [-0.2, -0.15) is 8.75 Å². The van der Waals surface area contributed by atoms with E-state index in [0.717, 1.165) is 30.6 Å². The summed E-state index contributed by atoms with van der Waals surface area (Å²) in [6, 6.07) is -1.16. The number of anilines is 1. The van der Waals surface area contributed by atoms with Gasteiger partial charge in [0.25, 0.3) is 0 Å². The van der Waals surface area contributed by atoms with E-state index in [1.54, 1.807) is 0 Å². The number of carbonyl (C=O) groups excluding carboxylic acids is 1. The fourth-order valence-electron chi connectivity index (χ4n) is 2.58. The Hall–Kier alpha value is -1.00. The lowest BCUT2D eigenvalue weighted by molar-refractivity contribution is -0.147. The average Bonchev–Trinajstić information content (AvgIpc) is 3.01. The van der Waals surface area contributed by atoms with Crippen molar-refractivity contribution < 1.29 is 19.4 Å². The summed E-state index contributed by atoms with van der Waals surface area (Å²) in [5.41, 5.74) is 0.281.